The molecular weight excluding hydrogens is 380 g/mol. The molecule has 0 spiro atoms. The van der Waals surface area contributed by atoms with Crippen molar-refractivity contribution in [2.45, 2.75) is 18.7 Å². The van der Waals surface area contributed by atoms with Crippen LogP contribution in [0.5, 0.6) is 11.5 Å². The highest BCUT2D eigenvalue weighted by Crippen LogP contribution is 2.47. The van der Waals surface area contributed by atoms with Crippen molar-refractivity contribution in [3.05, 3.63) is 95.1 Å². The number of phenols is 1. The molecule has 150 valence electrons. The molecule has 3 aromatic carbocycles. The minimum Gasteiger partial charge on any atom is -0.507 e. The predicted octanol–water partition coefficient (Wildman–Crippen LogP) is 4.42. The van der Waals surface area contributed by atoms with Gasteiger partial charge < -0.3 is 14.6 Å². The van der Waals surface area contributed by atoms with Gasteiger partial charge in [-0.3, -0.25) is 0 Å². The summed E-state index contributed by atoms with van der Waals surface area (Å²) >= 11 is 0. The molecule has 2 aliphatic heterocycles. The number of esters is 1. The Hall–Kier alpha value is -3.80. The minimum atomic E-state index is -0.444. The highest BCUT2D eigenvalue weighted by atomic mass is 16.5. The molecule has 2 atom stereocenters. The number of rotatable bonds is 3. The number of carbonyl (C=O) groups is 1. The number of hydrogen-bond donors (Lipinski definition) is 1. The Morgan fingerprint density at radius 1 is 1.07 bits per heavy atom. The summed E-state index contributed by atoms with van der Waals surface area (Å²) in [5.41, 5.74) is 3.96. The summed E-state index contributed by atoms with van der Waals surface area (Å²) in [6, 6.07) is 22.3. The summed E-state index contributed by atoms with van der Waals surface area (Å²) in [6.45, 7) is 0. The highest BCUT2D eigenvalue weighted by molar-refractivity contribution is 6.04. The Morgan fingerprint density at radius 2 is 1.80 bits per heavy atom. The third-order valence-electron chi connectivity index (χ3n) is 5.53. The van der Waals surface area contributed by atoms with E-state index in [0.717, 1.165) is 28.2 Å². The second-order valence-corrected chi connectivity index (χ2v) is 7.29. The number of hydrogen-bond acceptors (Lipinski definition) is 6. The summed E-state index contributed by atoms with van der Waals surface area (Å²) in [5.74, 6) is 0.647. The third-order valence-corrected chi connectivity index (χ3v) is 5.53. The molecule has 0 radical (unpaired) electrons. The molecule has 0 unspecified atom stereocenters. The van der Waals surface area contributed by atoms with E-state index >= 15 is 0 Å². The fraction of sp³-hybridized carbons (Fsp3) is 0.167. The molecule has 3 aromatic rings. The predicted molar refractivity (Wildman–Crippen MR) is 111 cm³/mol. The summed E-state index contributed by atoms with van der Waals surface area (Å²) < 4.78 is 11.1. The number of hydrazone groups is 1. The standard InChI is InChI=1S/C24H20N2O4/c1-29-24(28)16-12-10-15(11-13-16)23-26-20(18-7-3-5-9-22(18)30-23)14-19(25-26)17-6-2-4-8-21(17)27/h2-13,20,23,27H,14H2,1H3/t20-,23-/m0/s1. The average Bonchev–Trinajstić information content (AvgIpc) is 3.24. The van der Waals surface area contributed by atoms with Gasteiger partial charge in [0.2, 0.25) is 6.23 Å². The molecule has 0 aliphatic carbocycles. The zero-order chi connectivity index (χ0) is 20.7. The van der Waals surface area contributed by atoms with Crippen molar-refractivity contribution in [1.82, 2.24) is 5.01 Å². The lowest BCUT2D eigenvalue weighted by Crippen LogP contribution is -2.33. The van der Waals surface area contributed by atoms with Crippen LogP contribution >= 0.6 is 0 Å². The molecule has 0 saturated heterocycles. The van der Waals surface area contributed by atoms with Crippen LogP contribution in [-0.4, -0.2) is 28.9 Å². The lowest BCUT2D eigenvalue weighted by molar-refractivity contribution is -0.0190. The molecule has 2 aliphatic rings. The largest absolute Gasteiger partial charge is 0.507 e. The topological polar surface area (TPSA) is 71.4 Å². The van der Waals surface area contributed by atoms with Gasteiger partial charge in [0.15, 0.2) is 0 Å². The van der Waals surface area contributed by atoms with Gasteiger partial charge in [-0.15, -0.1) is 0 Å². The van der Waals surface area contributed by atoms with Crippen LogP contribution in [0.15, 0.2) is 77.9 Å². The molecule has 0 aromatic heterocycles. The zero-order valence-electron chi connectivity index (χ0n) is 16.4. The van der Waals surface area contributed by atoms with Crippen LogP contribution in [0.2, 0.25) is 0 Å². The Bertz CT molecular complexity index is 1140. The van der Waals surface area contributed by atoms with Gasteiger partial charge in [0.05, 0.1) is 24.4 Å². The van der Waals surface area contributed by atoms with E-state index in [0.29, 0.717) is 12.0 Å². The molecule has 6 heteroatoms. The van der Waals surface area contributed by atoms with E-state index in [-0.39, 0.29) is 17.8 Å². The smallest absolute Gasteiger partial charge is 0.337 e. The van der Waals surface area contributed by atoms with Gasteiger partial charge in [-0.1, -0.05) is 42.5 Å². The van der Waals surface area contributed by atoms with Crippen molar-refractivity contribution in [2.24, 2.45) is 5.10 Å². The summed E-state index contributed by atoms with van der Waals surface area (Å²) in [6.07, 6.45) is 0.217. The van der Waals surface area contributed by atoms with E-state index in [9.17, 15) is 9.90 Å². The SMILES string of the molecule is COC(=O)c1ccc([C@@H]2Oc3ccccc3[C@@H]3CC(c4ccccc4O)=NN32)cc1. The van der Waals surface area contributed by atoms with Crippen molar-refractivity contribution < 1.29 is 19.4 Å². The second-order valence-electron chi connectivity index (χ2n) is 7.29. The van der Waals surface area contributed by atoms with Crippen LogP contribution in [0.1, 0.15) is 45.7 Å². The Kier molecular flexibility index (Phi) is 4.39. The van der Waals surface area contributed by atoms with Crippen LogP contribution in [0.25, 0.3) is 0 Å². The van der Waals surface area contributed by atoms with E-state index in [2.05, 4.69) is 0 Å². The highest BCUT2D eigenvalue weighted by Gasteiger charge is 2.41. The summed E-state index contributed by atoms with van der Waals surface area (Å²) in [5, 5.41) is 17.1. The first-order valence-corrected chi connectivity index (χ1v) is 9.74. The van der Waals surface area contributed by atoms with Gasteiger partial charge in [-0.2, -0.15) is 5.10 Å². The molecule has 1 N–H and O–H groups in total. The van der Waals surface area contributed by atoms with Gasteiger partial charge in [0.25, 0.3) is 0 Å². The van der Waals surface area contributed by atoms with Gasteiger partial charge in [-0.25, -0.2) is 9.80 Å². The maximum atomic E-state index is 11.8. The normalized spacial score (nSPS) is 19.4. The summed E-state index contributed by atoms with van der Waals surface area (Å²) in [7, 11) is 1.36. The zero-order valence-corrected chi connectivity index (χ0v) is 16.4. The van der Waals surface area contributed by atoms with E-state index in [1.54, 1.807) is 24.3 Å². The van der Waals surface area contributed by atoms with Crippen LogP contribution in [0.4, 0.5) is 0 Å². The molecule has 6 nitrogen and oxygen atoms in total. The number of ether oxygens (including phenoxy) is 2. The average molecular weight is 400 g/mol. The molecular formula is C24H20N2O4. The number of aromatic hydroxyl groups is 1. The first-order chi connectivity index (χ1) is 14.7. The number of phenolic OH excluding ortho intramolecular Hbond substituents is 1. The van der Waals surface area contributed by atoms with Crippen LogP contribution in [-0.2, 0) is 4.74 Å². The van der Waals surface area contributed by atoms with E-state index in [4.69, 9.17) is 14.6 Å². The number of nitrogens with zero attached hydrogens (tertiary/aromatic N) is 2. The quantitative estimate of drug-likeness (QED) is 0.659. The number of fused-ring (bicyclic) bond motifs is 3. The van der Waals surface area contributed by atoms with E-state index in [1.165, 1.54) is 7.11 Å². The molecule has 5 rings (SSSR count). The van der Waals surface area contributed by atoms with Crippen molar-refractivity contribution in [2.75, 3.05) is 7.11 Å². The van der Waals surface area contributed by atoms with Gasteiger partial charge >= 0.3 is 5.97 Å². The monoisotopic (exact) mass is 400 g/mol. The van der Waals surface area contributed by atoms with E-state index < -0.39 is 6.23 Å². The number of methoxy groups -OCH3 is 1. The van der Waals surface area contributed by atoms with Crippen LogP contribution in [0, 0.1) is 0 Å². The van der Waals surface area contributed by atoms with Gasteiger partial charge in [0, 0.05) is 23.1 Å². The first-order valence-electron chi connectivity index (χ1n) is 9.74. The maximum absolute atomic E-state index is 11.8. The van der Waals surface area contributed by atoms with Crippen molar-refractivity contribution in [3.8, 4) is 11.5 Å². The molecule has 30 heavy (non-hydrogen) atoms. The number of benzene rings is 3. The number of para-hydroxylation sites is 2. The van der Waals surface area contributed by atoms with Gasteiger partial charge in [-0.05, 0) is 30.3 Å². The number of carbonyl (C=O) groups excluding carboxylic acids is 1. The van der Waals surface area contributed by atoms with Crippen molar-refractivity contribution >= 4 is 11.7 Å². The first kappa shape index (κ1) is 18.2. The maximum Gasteiger partial charge on any atom is 0.337 e. The second kappa shape index (κ2) is 7.22. The Morgan fingerprint density at radius 3 is 2.57 bits per heavy atom. The minimum absolute atomic E-state index is 0.00478. The molecule has 0 saturated carbocycles. The molecule has 0 amide bonds. The fourth-order valence-electron chi connectivity index (χ4n) is 4.04. The van der Waals surface area contributed by atoms with Crippen molar-refractivity contribution in [3.63, 3.8) is 0 Å². The van der Waals surface area contributed by atoms with E-state index in [1.807, 2.05) is 53.5 Å². The lowest BCUT2D eigenvalue weighted by atomic mass is 9.95. The van der Waals surface area contributed by atoms with Crippen LogP contribution in [0.3, 0.4) is 0 Å². The molecule has 0 fully saturated rings. The fourth-order valence-corrected chi connectivity index (χ4v) is 4.04. The molecule has 0 bridgehead atoms. The molecule has 2 heterocycles. The van der Waals surface area contributed by atoms with Crippen LogP contribution < -0.4 is 4.74 Å². The lowest BCUT2D eigenvalue weighted by Gasteiger charge is -2.38. The van der Waals surface area contributed by atoms with Crippen molar-refractivity contribution in [1.29, 1.82) is 0 Å². The Balaban J connectivity index is 1.56. The third kappa shape index (κ3) is 2.97. The van der Waals surface area contributed by atoms with Gasteiger partial charge in [0.1, 0.15) is 11.5 Å². The Labute approximate surface area is 174 Å². The summed E-state index contributed by atoms with van der Waals surface area (Å²) in [4.78, 5) is 11.8.